The molecule has 2 N–H and O–H groups in total. The zero-order valence-corrected chi connectivity index (χ0v) is 11.3. The van der Waals surface area contributed by atoms with Crippen molar-refractivity contribution in [3.63, 3.8) is 0 Å². The molecule has 0 aliphatic rings. The van der Waals surface area contributed by atoms with Crippen molar-refractivity contribution in [2.45, 2.75) is 33.8 Å². The molecular weight excluding hydrogens is 214 g/mol. The summed E-state index contributed by atoms with van der Waals surface area (Å²) in [7, 11) is 0. The number of aliphatic hydroxyl groups excluding tert-OH is 1. The van der Waals surface area contributed by atoms with Crippen molar-refractivity contribution >= 4 is 0 Å². The van der Waals surface area contributed by atoms with E-state index < -0.39 is 6.10 Å². The van der Waals surface area contributed by atoms with E-state index in [1.807, 2.05) is 0 Å². The monoisotopic (exact) mass is 239 g/mol. The maximum Gasteiger partial charge on any atom is 0.133 e. The van der Waals surface area contributed by atoms with Gasteiger partial charge in [-0.05, 0) is 36.4 Å². The fraction of sp³-hybridized carbons (Fsp3) is 0.714. The molecule has 1 heterocycles. The number of aliphatic hydroxyl groups is 1. The Labute approximate surface area is 104 Å². The van der Waals surface area contributed by atoms with Crippen molar-refractivity contribution in [2.24, 2.45) is 17.8 Å². The second kappa shape index (κ2) is 6.82. The van der Waals surface area contributed by atoms with Gasteiger partial charge in [-0.3, -0.25) is 0 Å². The third-order valence-corrected chi connectivity index (χ3v) is 3.30. The SMILES string of the molecule is CC(C)C(CNCC(O)c1ccco1)C(C)C. The van der Waals surface area contributed by atoms with Crippen molar-refractivity contribution < 1.29 is 9.52 Å². The van der Waals surface area contributed by atoms with Gasteiger partial charge in [0, 0.05) is 6.54 Å². The fourth-order valence-corrected chi connectivity index (χ4v) is 2.21. The lowest BCUT2D eigenvalue weighted by atomic mass is 9.85. The molecule has 0 spiro atoms. The Morgan fingerprint density at radius 2 is 1.82 bits per heavy atom. The molecule has 1 aromatic rings. The first-order valence-corrected chi connectivity index (χ1v) is 6.44. The molecule has 0 bridgehead atoms. The molecule has 0 aliphatic carbocycles. The van der Waals surface area contributed by atoms with Gasteiger partial charge in [0.05, 0.1) is 6.26 Å². The van der Waals surface area contributed by atoms with E-state index in [-0.39, 0.29) is 0 Å². The summed E-state index contributed by atoms with van der Waals surface area (Å²) in [5.41, 5.74) is 0. The van der Waals surface area contributed by atoms with Gasteiger partial charge in [0.1, 0.15) is 11.9 Å². The van der Waals surface area contributed by atoms with Gasteiger partial charge in [-0.15, -0.1) is 0 Å². The first kappa shape index (κ1) is 14.3. The van der Waals surface area contributed by atoms with Gasteiger partial charge in [-0.25, -0.2) is 0 Å². The number of nitrogens with one attached hydrogen (secondary N) is 1. The predicted octanol–water partition coefficient (Wildman–Crippen LogP) is 2.83. The highest BCUT2D eigenvalue weighted by Gasteiger charge is 2.18. The van der Waals surface area contributed by atoms with Crippen LogP contribution in [-0.4, -0.2) is 18.2 Å². The maximum atomic E-state index is 9.84. The Morgan fingerprint density at radius 3 is 2.29 bits per heavy atom. The third kappa shape index (κ3) is 4.52. The third-order valence-electron chi connectivity index (χ3n) is 3.30. The Morgan fingerprint density at radius 1 is 1.18 bits per heavy atom. The molecule has 1 atom stereocenters. The van der Waals surface area contributed by atoms with Crippen molar-refractivity contribution in [1.29, 1.82) is 0 Å². The summed E-state index contributed by atoms with van der Waals surface area (Å²) >= 11 is 0. The number of furan rings is 1. The van der Waals surface area contributed by atoms with E-state index in [2.05, 4.69) is 33.0 Å². The van der Waals surface area contributed by atoms with Gasteiger partial charge in [-0.1, -0.05) is 27.7 Å². The summed E-state index contributed by atoms with van der Waals surface area (Å²) in [6.07, 6.45) is 1.04. The molecule has 0 aliphatic heterocycles. The average molecular weight is 239 g/mol. The van der Waals surface area contributed by atoms with Crippen molar-refractivity contribution in [3.8, 4) is 0 Å². The van der Waals surface area contributed by atoms with Crippen LogP contribution in [-0.2, 0) is 0 Å². The Balaban J connectivity index is 2.31. The Hall–Kier alpha value is -0.800. The highest BCUT2D eigenvalue weighted by atomic mass is 16.4. The quantitative estimate of drug-likeness (QED) is 0.769. The van der Waals surface area contributed by atoms with E-state index in [0.717, 1.165) is 6.54 Å². The highest BCUT2D eigenvalue weighted by molar-refractivity contribution is 5.02. The second-order valence-corrected chi connectivity index (χ2v) is 5.34. The van der Waals surface area contributed by atoms with Crippen LogP contribution in [0.2, 0.25) is 0 Å². The maximum absolute atomic E-state index is 9.84. The molecule has 0 saturated carbocycles. The minimum Gasteiger partial charge on any atom is -0.467 e. The lowest BCUT2D eigenvalue weighted by molar-refractivity contribution is 0.142. The van der Waals surface area contributed by atoms with E-state index in [1.165, 1.54) is 0 Å². The number of rotatable bonds is 7. The van der Waals surface area contributed by atoms with E-state index in [4.69, 9.17) is 4.42 Å². The topological polar surface area (TPSA) is 45.4 Å². The molecule has 98 valence electrons. The molecule has 0 aromatic carbocycles. The molecule has 0 saturated heterocycles. The van der Waals surface area contributed by atoms with Crippen molar-refractivity contribution in [3.05, 3.63) is 24.2 Å². The summed E-state index contributed by atoms with van der Waals surface area (Å²) in [6.45, 7) is 10.5. The van der Waals surface area contributed by atoms with Crippen molar-refractivity contribution in [1.82, 2.24) is 5.32 Å². The minimum atomic E-state index is -0.551. The molecular formula is C14H25NO2. The van der Waals surface area contributed by atoms with Gasteiger partial charge >= 0.3 is 0 Å². The van der Waals surface area contributed by atoms with Crippen molar-refractivity contribution in [2.75, 3.05) is 13.1 Å². The normalized spacial score (nSPS) is 13.9. The first-order chi connectivity index (χ1) is 8.02. The lowest BCUT2D eigenvalue weighted by Crippen LogP contribution is -2.32. The molecule has 0 fully saturated rings. The molecule has 0 radical (unpaired) electrons. The van der Waals surface area contributed by atoms with Crippen LogP contribution in [0, 0.1) is 17.8 Å². The molecule has 3 heteroatoms. The average Bonchev–Trinajstić information content (AvgIpc) is 2.76. The highest BCUT2D eigenvalue weighted by Crippen LogP contribution is 2.19. The standard InChI is InChI=1S/C14H25NO2/c1-10(2)12(11(3)4)8-15-9-13(16)14-6-5-7-17-14/h5-7,10-13,15-16H,8-9H2,1-4H3. The summed E-state index contributed by atoms with van der Waals surface area (Å²) in [5.74, 6) is 2.58. The van der Waals surface area contributed by atoms with Crippen LogP contribution in [0.5, 0.6) is 0 Å². The van der Waals surface area contributed by atoms with Crippen LogP contribution in [0.4, 0.5) is 0 Å². The van der Waals surface area contributed by atoms with Crippen LogP contribution in [0.25, 0.3) is 0 Å². The van der Waals surface area contributed by atoms with Crippen LogP contribution >= 0.6 is 0 Å². The second-order valence-electron chi connectivity index (χ2n) is 5.34. The van der Waals surface area contributed by atoms with Gasteiger partial charge in [-0.2, -0.15) is 0 Å². The van der Waals surface area contributed by atoms with Crippen LogP contribution < -0.4 is 5.32 Å². The van der Waals surface area contributed by atoms with E-state index in [1.54, 1.807) is 18.4 Å². The molecule has 3 nitrogen and oxygen atoms in total. The molecule has 17 heavy (non-hydrogen) atoms. The summed E-state index contributed by atoms with van der Waals surface area (Å²) < 4.78 is 5.16. The molecule has 1 aromatic heterocycles. The van der Waals surface area contributed by atoms with Gasteiger partial charge in [0.15, 0.2) is 0 Å². The largest absolute Gasteiger partial charge is 0.467 e. The Bertz CT molecular complexity index is 285. The fourth-order valence-electron chi connectivity index (χ4n) is 2.21. The molecule has 1 rings (SSSR count). The molecule has 1 unspecified atom stereocenters. The van der Waals surface area contributed by atoms with Crippen LogP contribution in [0.15, 0.2) is 22.8 Å². The smallest absolute Gasteiger partial charge is 0.133 e. The lowest BCUT2D eigenvalue weighted by Gasteiger charge is -2.25. The number of hydrogen-bond donors (Lipinski definition) is 2. The minimum absolute atomic E-state index is 0.545. The molecule has 0 amide bonds. The summed E-state index contributed by atoms with van der Waals surface area (Å²) in [4.78, 5) is 0. The van der Waals surface area contributed by atoms with E-state index in [0.29, 0.717) is 30.1 Å². The van der Waals surface area contributed by atoms with Crippen LogP contribution in [0.3, 0.4) is 0 Å². The summed E-state index contributed by atoms with van der Waals surface area (Å²) in [6, 6.07) is 3.60. The zero-order valence-electron chi connectivity index (χ0n) is 11.3. The van der Waals surface area contributed by atoms with Gasteiger partial charge in [0.25, 0.3) is 0 Å². The van der Waals surface area contributed by atoms with Crippen LogP contribution in [0.1, 0.15) is 39.6 Å². The van der Waals surface area contributed by atoms with Gasteiger partial charge in [0.2, 0.25) is 0 Å². The van der Waals surface area contributed by atoms with E-state index in [9.17, 15) is 5.11 Å². The predicted molar refractivity (Wildman–Crippen MR) is 69.7 cm³/mol. The first-order valence-electron chi connectivity index (χ1n) is 6.44. The Kier molecular flexibility index (Phi) is 5.72. The zero-order chi connectivity index (χ0) is 12.8. The van der Waals surface area contributed by atoms with Gasteiger partial charge < -0.3 is 14.8 Å². The summed E-state index contributed by atoms with van der Waals surface area (Å²) in [5, 5.41) is 13.2. The van der Waals surface area contributed by atoms with E-state index >= 15 is 0 Å². The number of hydrogen-bond acceptors (Lipinski definition) is 3.